The molecule has 0 aromatic heterocycles. The monoisotopic (exact) mass is 359 g/mol. The van der Waals surface area contributed by atoms with Crippen molar-refractivity contribution in [2.45, 2.75) is 6.92 Å². The van der Waals surface area contributed by atoms with E-state index >= 15 is 0 Å². The van der Waals surface area contributed by atoms with Crippen LogP contribution >= 0.6 is 0 Å². The molecule has 2 amide bonds. The van der Waals surface area contributed by atoms with E-state index < -0.39 is 0 Å². The van der Waals surface area contributed by atoms with E-state index in [0.29, 0.717) is 11.3 Å². The van der Waals surface area contributed by atoms with Crippen molar-refractivity contribution >= 4 is 28.9 Å². The lowest BCUT2D eigenvalue weighted by molar-refractivity contribution is -0.115. The quantitative estimate of drug-likeness (QED) is 0.620. The standard InChI is InChI=1S/C22H21N3O2/c1-16-11-13-18(14-12-16)24-19-9-5-6-10-20(19)25-21(26)15-23-22(27)17-7-3-2-4-8-17/h2-14,24H,15H2,1H3,(H,23,27)(H,25,26). The second kappa shape index (κ2) is 8.67. The molecule has 0 aliphatic heterocycles. The molecule has 27 heavy (non-hydrogen) atoms. The molecule has 136 valence electrons. The highest BCUT2D eigenvalue weighted by atomic mass is 16.2. The lowest BCUT2D eigenvalue weighted by Gasteiger charge is -2.13. The Morgan fingerprint density at radius 3 is 2.11 bits per heavy atom. The van der Waals surface area contributed by atoms with Crippen LogP contribution in [0.25, 0.3) is 0 Å². The van der Waals surface area contributed by atoms with Crippen LogP contribution in [0.4, 0.5) is 17.1 Å². The molecule has 5 nitrogen and oxygen atoms in total. The molecule has 0 spiro atoms. The van der Waals surface area contributed by atoms with Crippen LogP contribution in [0.3, 0.4) is 0 Å². The van der Waals surface area contributed by atoms with Gasteiger partial charge in [-0.3, -0.25) is 9.59 Å². The van der Waals surface area contributed by atoms with Gasteiger partial charge in [0.05, 0.1) is 17.9 Å². The van der Waals surface area contributed by atoms with Gasteiger partial charge in [0.15, 0.2) is 0 Å². The van der Waals surface area contributed by atoms with Crippen molar-refractivity contribution in [1.29, 1.82) is 0 Å². The van der Waals surface area contributed by atoms with Crippen molar-refractivity contribution in [3.8, 4) is 0 Å². The predicted octanol–water partition coefficient (Wildman–Crippen LogP) is 4.11. The number of anilines is 3. The minimum absolute atomic E-state index is 0.105. The number of nitrogens with one attached hydrogen (secondary N) is 3. The Bertz CT molecular complexity index is 922. The average molecular weight is 359 g/mol. The molecule has 0 unspecified atom stereocenters. The maximum Gasteiger partial charge on any atom is 0.251 e. The Morgan fingerprint density at radius 1 is 0.778 bits per heavy atom. The number of hydrogen-bond acceptors (Lipinski definition) is 3. The second-order valence-corrected chi connectivity index (χ2v) is 6.13. The minimum Gasteiger partial charge on any atom is -0.354 e. The largest absolute Gasteiger partial charge is 0.354 e. The topological polar surface area (TPSA) is 70.2 Å². The van der Waals surface area contributed by atoms with E-state index in [1.54, 1.807) is 24.3 Å². The van der Waals surface area contributed by atoms with E-state index in [0.717, 1.165) is 11.4 Å². The fraction of sp³-hybridized carbons (Fsp3) is 0.0909. The first-order chi connectivity index (χ1) is 13.1. The van der Waals surface area contributed by atoms with E-state index in [2.05, 4.69) is 16.0 Å². The van der Waals surface area contributed by atoms with Gasteiger partial charge in [-0.25, -0.2) is 0 Å². The van der Waals surface area contributed by atoms with Crippen molar-refractivity contribution in [2.75, 3.05) is 17.2 Å². The van der Waals surface area contributed by atoms with Crippen LogP contribution in [0, 0.1) is 6.92 Å². The molecule has 0 bridgehead atoms. The van der Waals surface area contributed by atoms with Crippen molar-refractivity contribution in [2.24, 2.45) is 0 Å². The highest BCUT2D eigenvalue weighted by Crippen LogP contribution is 2.25. The molecule has 0 saturated carbocycles. The van der Waals surface area contributed by atoms with Gasteiger partial charge in [0.1, 0.15) is 0 Å². The number of carbonyl (C=O) groups is 2. The summed E-state index contributed by atoms with van der Waals surface area (Å²) in [6.45, 7) is 1.92. The Labute approximate surface area is 158 Å². The number of amides is 2. The number of rotatable bonds is 6. The van der Waals surface area contributed by atoms with Gasteiger partial charge >= 0.3 is 0 Å². The summed E-state index contributed by atoms with van der Waals surface area (Å²) < 4.78 is 0. The third-order valence-corrected chi connectivity index (χ3v) is 3.98. The third kappa shape index (κ3) is 5.19. The zero-order valence-corrected chi connectivity index (χ0v) is 15.0. The Kier molecular flexibility index (Phi) is 5.84. The SMILES string of the molecule is Cc1ccc(Nc2ccccc2NC(=O)CNC(=O)c2ccccc2)cc1. The van der Waals surface area contributed by atoms with Crippen LogP contribution in [-0.2, 0) is 4.79 Å². The lowest BCUT2D eigenvalue weighted by atomic mass is 10.2. The van der Waals surface area contributed by atoms with Crippen LogP contribution in [0.5, 0.6) is 0 Å². The van der Waals surface area contributed by atoms with Crippen LogP contribution in [0.15, 0.2) is 78.9 Å². The molecule has 3 rings (SSSR count). The van der Waals surface area contributed by atoms with E-state index in [1.165, 1.54) is 5.56 Å². The molecule has 5 heteroatoms. The molecule has 0 fully saturated rings. The van der Waals surface area contributed by atoms with E-state index in [9.17, 15) is 9.59 Å². The Hall–Kier alpha value is -3.60. The highest BCUT2D eigenvalue weighted by molar-refractivity contribution is 6.00. The van der Waals surface area contributed by atoms with E-state index in [-0.39, 0.29) is 18.4 Å². The lowest BCUT2D eigenvalue weighted by Crippen LogP contribution is -2.32. The summed E-state index contributed by atoms with van der Waals surface area (Å²) in [4.78, 5) is 24.3. The summed E-state index contributed by atoms with van der Waals surface area (Å²) in [5, 5.41) is 8.75. The average Bonchev–Trinajstić information content (AvgIpc) is 2.70. The normalized spacial score (nSPS) is 10.1. The van der Waals surface area contributed by atoms with Gasteiger partial charge in [0, 0.05) is 11.3 Å². The van der Waals surface area contributed by atoms with Gasteiger partial charge in [-0.2, -0.15) is 0 Å². The van der Waals surface area contributed by atoms with Gasteiger partial charge in [-0.05, 0) is 43.3 Å². The van der Waals surface area contributed by atoms with Crippen LogP contribution in [-0.4, -0.2) is 18.4 Å². The van der Waals surface area contributed by atoms with Crippen LogP contribution < -0.4 is 16.0 Å². The van der Waals surface area contributed by atoms with Gasteiger partial charge in [-0.15, -0.1) is 0 Å². The van der Waals surface area contributed by atoms with E-state index in [4.69, 9.17) is 0 Å². The molecule has 3 aromatic carbocycles. The van der Waals surface area contributed by atoms with Gasteiger partial charge in [0.2, 0.25) is 5.91 Å². The predicted molar refractivity (Wildman–Crippen MR) is 108 cm³/mol. The molecule has 3 N–H and O–H groups in total. The molecular weight excluding hydrogens is 338 g/mol. The first-order valence-corrected chi connectivity index (χ1v) is 8.67. The number of benzene rings is 3. The van der Waals surface area contributed by atoms with Crippen molar-refractivity contribution in [3.63, 3.8) is 0 Å². The summed E-state index contributed by atoms with van der Waals surface area (Å²) in [5.41, 5.74) is 4.06. The fourth-order valence-electron chi connectivity index (χ4n) is 2.54. The van der Waals surface area contributed by atoms with Crippen molar-refractivity contribution < 1.29 is 9.59 Å². The summed E-state index contributed by atoms with van der Waals surface area (Å²) in [5.74, 6) is -0.575. The van der Waals surface area contributed by atoms with Crippen molar-refractivity contribution in [3.05, 3.63) is 90.0 Å². The van der Waals surface area contributed by atoms with Gasteiger partial charge < -0.3 is 16.0 Å². The number of hydrogen-bond donors (Lipinski definition) is 3. The minimum atomic E-state index is -0.294. The molecule has 0 radical (unpaired) electrons. The second-order valence-electron chi connectivity index (χ2n) is 6.13. The first-order valence-electron chi connectivity index (χ1n) is 8.67. The first kappa shape index (κ1) is 18.2. The number of aryl methyl sites for hydroxylation is 1. The fourth-order valence-corrected chi connectivity index (χ4v) is 2.54. The molecule has 0 atom stereocenters. The highest BCUT2D eigenvalue weighted by Gasteiger charge is 2.10. The molecule has 3 aromatic rings. The third-order valence-electron chi connectivity index (χ3n) is 3.98. The number of carbonyl (C=O) groups excluding carboxylic acids is 2. The molecule has 0 heterocycles. The van der Waals surface area contributed by atoms with Crippen LogP contribution in [0.1, 0.15) is 15.9 Å². The molecule has 0 aliphatic carbocycles. The zero-order chi connectivity index (χ0) is 19.1. The zero-order valence-electron chi connectivity index (χ0n) is 15.0. The summed E-state index contributed by atoms with van der Waals surface area (Å²) in [7, 11) is 0. The smallest absolute Gasteiger partial charge is 0.251 e. The Balaban J connectivity index is 1.61. The molecular formula is C22H21N3O2. The van der Waals surface area contributed by atoms with Crippen molar-refractivity contribution in [1.82, 2.24) is 5.32 Å². The summed E-state index contributed by atoms with van der Waals surface area (Å²) >= 11 is 0. The van der Waals surface area contributed by atoms with Gasteiger partial charge in [-0.1, -0.05) is 48.0 Å². The maximum atomic E-state index is 12.2. The summed E-state index contributed by atoms with van der Waals surface area (Å²) in [6, 6.07) is 24.2. The molecule has 0 aliphatic rings. The Morgan fingerprint density at radius 2 is 1.41 bits per heavy atom. The summed E-state index contributed by atoms with van der Waals surface area (Å²) in [6.07, 6.45) is 0. The molecule has 0 saturated heterocycles. The number of para-hydroxylation sites is 2. The van der Waals surface area contributed by atoms with Crippen LogP contribution in [0.2, 0.25) is 0 Å². The maximum absolute atomic E-state index is 12.2. The van der Waals surface area contributed by atoms with Gasteiger partial charge in [0.25, 0.3) is 5.91 Å². The van der Waals surface area contributed by atoms with E-state index in [1.807, 2.05) is 61.5 Å².